The zero-order valence-electron chi connectivity index (χ0n) is 12.8. The zero-order chi connectivity index (χ0) is 15.1. The van der Waals surface area contributed by atoms with E-state index in [2.05, 4.69) is 9.97 Å². The molecule has 0 N–H and O–H groups in total. The van der Waals surface area contributed by atoms with Crippen molar-refractivity contribution >= 4 is 24.1 Å². The van der Waals surface area contributed by atoms with Crippen LogP contribution in [0.25, 0.3) is 17.0 Å². The lowest BCUT2D eigenvalue weighted by Crippen LogP contribution is -2.41. The highest BCUT2D eigenvalue weighted by Crippen LogP contribution is 2.37. The van der Waals surface area contributed by atoms with Crippen LogP contribution in [-0.2, 0) is 9.31 Å². The van der Waals surface area contributed by atoms with Gasteiger partial charge in [0.05, 0.1) is 22.9 Å². The van der Waals surface area contributed by atoms with Crippen LogP contribution in [0.3, 0.4) is 0 Å². The highest BCUT2D eigenvalue weighted by atomic mass is 16.7. The van der Waals surface area contributed by atoms with Crippen molar-refractivity contribution in [1.82, 2.24) is 9.97 Å². The van der Waals surface area contributed by atoms with Gasteiger partial charge in [-0.2, -0.15) is 0 Å². The number of hydrogen-bond acceptors (Lipinski definition) is 4. The third-order valence-electron chi connectivity index (χ3n) is 4.28. The molecular weight excluding hydrogens is 263 g/mol. The van der Waals surface area contributed by atoms with Crippen LogP contribution in [0.4, 0.5) is 0 Å². The molecule has 4 nitrogen and oxygen atoms in total. The number of rotatable bonds is 2. The molecule has 5 heteroatoms. The largest absolute Gasteiger partial charge is 0.487 e. The molecule has 2 aromatic rings. The van der Waals surface area contributed by atoms with Crippen LogP contribution in [0.15, 0.2) is 36.7 Å². The molecule has 0 spiro atoms. The Kier molecular flexibility index (Phi) is 3.34. The number of nitrogens with zero attached hydrogens (tertiary/aromatic N) is 2. The summed E-state index contributed by atoms with van der Waals surface area (Å²) < 4.78 is 11.9. The standard InChI is InChI=1S/C16H19BN2O2/c1-15(2)16(3,4)21-17(20-15)8-5-12-6-10-19-14-11-18-9-7-13(12)14/h5-11H,1-4H3/b8-5+. The Bertz CT molecular complexity index is 676. The fourth-order valence-electron chi connectivity index (χ4n) is 2.32. The molecule has 21 heavy (non-hydrogen) atoms. The summed E-state index contributed by atoms with van der Waals surface area (Å²) in [7, 11) is -0.333. The first-order chi connectivity index (χ1) is 9.89. The SMILES string of the molecule is CC1(C)OB(/C=C/c2ccnc3cnccc23)OC1(C)C. The molecule has 3 rings (SSSR count). The van der Waals surface area contributed by atoms with Gasteiger partial charge in [-0.15, -0.1) is 0 Å². The summed E-state index contributed by atoms with van der Waals surface area (Å²) in [5.41, 5.74) is 1.34. The van der Waals surface area contributed by atoms with E-state index in [1.54, 1.807) is 18.6 Å². The molecule has 2 aromatic heterocycles. The molecule has 1 saturated heterocycles. The van der Waals surface area contributed by atoms with Crippen LogP contribution < -0.4 is 0 Å². The minimum absolute atomic E-state index is 0.313. The normalized spacial score (nSPS) is 20.5. The Morgan fingerprint density at radius 2 is 1.76 bits per heavy atom. The lowest BCUT2D eigenvalue weighted by Gasteiger charge is -2.32. The highest BCUT2D eigenvalue weighted by Gasteiger charge is 2.49. The predicted octanol–water partition coefficient (Wildman–Crippen LogP) is 3.27. The van der Waals surface area contributed by atoms with Gasteiger partial charge < -0.3 is 9.31 Å². The van der Waals surface area contributed by atoms with Gasteiger partial charge in [-0.05, 0) is 45.4 Å². The van der Waals surface area contributed by atoms with Crippen LogP contribution in [-0.4, -0.2) is 28.3 Å². The molecule has 0 saturated carbocycles. The lowest BCUT2D eigenvalue weighted by atomic mass is 9.89. The lowest BCUT2D eigenvalue weighted by molar-refractivity contribution is 0.00578. The van der Waals surface area contributed by atoms with E-state index >= 15 is 0 Å². The fourth-order valence-corrected chi connectivity index (χ4v) is 2.32. The van der Waals surface area contributed by atoms with E-state index in [-0.39, 0.29) is 18.3 Å². The van der Waals surface area contributed by atoms with E-state index in [0.29, 0.717) is 0 Å². The summed E-state index contributed by atoms with van der Waals surface area (Å²) in [6.45, 7) is 8.20. The Balaban J connectivity index is 1.87. The molecule has 1 aliphatic rings. The van der Waals surface area contributed by atoms with E-state index < -0.39 is 0 Å². The minimum Gasteiger partial charge on any atom is -0.400 e. The third kappa shape index (κ3) is 2.59. The summed E-state index contributed by atoms with van der Waals surface area (Å²) in [5.74, 6) is 1.95. The Labute approximate surface area is 125 Å². The molecule has 0 radical (unpaired) electrons. The number of hydrogen-bond donors (Lipinski definition) is 0. The van der Waals surface area contributed by atoms with E-state index in [4.69, 9.17) is 9.31 Å². The molecule has 0 atom stereocenters. The van der Waals surface area contributed by atoms with Crippen molar-refractivity contribution in [3.63, 3.8) is 0 Å². The van der Waals surface area contributed by atoms with Gasteiger partial charge in [0.1, 0.15) is 0 Å². The molecule has 0 amide bonds. The summed E-state index contributed by atoms with van der Waals surface area (Å²) >= 11 is 0. The van der Waals surface area contributed by atoms with Crippen LogP contribution in [0.5, 0.6) is 0 Å². The molecule has 1 fully saturated rings. The molecule has 108 valence electrons. The van der Waals surface area contributed by atoms with E-state index in [1.165, 1.54) is 0 Å². The van der Waals surface area contributed by atoms with Crippen LogP contribution in [0.1, 0.15) is 33.3 Å². The number of fused-ring (bicyclic) bond motifs is 1. The molecule has 0 aromatic carbocycles. The van der Waals surface area contributed by atoms with Crippen LogP contribution >= 0.6 is 0 Å². The van der Waals surface area contributed by atoms with Gasteiger partial charge in [0.15, 0.2) is 0 Å². The first-order valence-electron chi connectivity index (χ1n) is 7.12. The molecule has 0 unspecified atom stereocenters. The van der Waals surface area contributed by atoms with Gasteiger partial charge in [-0.1, -0.05) is 12.1 Å². The third-order valence-corrected chi connectivity index (χ3v) is 4.28. The maximum atomic E-state index is 5.96. The number of aromatic nitrogens is 2. The van der Waals surface area contributed by atoms with Crippen molar-refractivity contribution in [1.29, 1.82) is 0 Å². The topological polar surface area (TPSA) is 44.2 Å². The van der Waals surface area contributed by atoms with Crippen molar-refractivity contribution in [3.8, 4) is 0 Å². The average Bonchev–Trinajstić information content (AvgIpc) is 2.64. The molecule has 1 aliphatic heterocycles. The van der Waals surface area contributed by atoms with Gasteiger partial charge in [0, 0.05) is 17.8 Å². The summed E-state index contributed by atoms with van der Waals surface area (Å²) in [4.78, 5) is 8.40. The monoisotopic (exact) mass is 282 g/mol. The van der Waals surface area contributed by atoms with E-state index in [9.17, 15) is 0 Å². The maximum absolute atomic E-state index is 5.96. The van der Waals surface area contributed by atoms with Crippen molar-refractivity contribution < 1.29 is 9.31 Å². The van der Waals surface area contributed by atoms with E-state index in [1.807, 2.05) is 51.9 Å². The van der Waals surface area contributed by atoms with Crippen molar-refractivity contribution in [3.05, 3.63) is 42.3 Å². The first-order valence-corrected chi connectivity index (χ1v) is 7.12. The van der Waals surface area contributed by atoms with Gasteiger partial charge in [-0.25, -0.2) is 0 Å². The molecular formula is C16H19BN2O2. The molecule has 0 bridgehead atoms. The highest BCUT2D eigenvalue weighted by molar-refractivity contribution is 6.52. The van der Waals surface area contributed by atoms with Gasteiger partial charge in [0.25, 0.3) is 0 Å². The smallest absolute Gasteiger partial charge is 0.400 e. The average molecular weight is 282 g/mol. The fraction of sp³-hybridized carbons (Fsp3) is 0.375. The first kappa shape index (κ1) is 14.2. The van der Waals surface area contributed by atoms with Crippen LogP contribution in [0, 0.1) is 0 Å². The van der Waals surface area contributed by atoms with Crippen molar-refractivity contribution in [2.24, 2.45) is 0 Å². The van der Waals surface area contributed by atoms with E-state index in [0.717, 1.165) is 16.5 Å². The van der Waals surface area contributed by atoms with Crippen LogP contribution in [0.2, 0.25) is 0 Å². The summed E-state index contributed by atoms with van der Waals surface area (Å²) in [5, 5.41) is 1.07. The van der Waals surface area contributed by atoms with Gasteiger partial charge >= 0.3 is 7.12 Å². The second-order valence-corrected chi connectivity index (χ2v) is 6.28. The van der Waals surface area contributed by atoms with Gasteiger partial charge in [-0.3, -0.25) is 9.97 Å². The second kappa shape index (κ2) is 4.93. The maximum Gasteiger partial charge on any atom is 0.487 e. The quantitative estimate of drug-likeness (QED) is 0.793. The van der Waals surface area contributed by atoms with Crippen molar-refractivity contribution in [2.45, 2.75) is 38.9 Å². The Morgan fingerprint density at radius 1 is 1.05 bits per heavy atom. The second-order valence-electron chi connectivity index (χ2n) is 6.28. The number of pyridine rings is 2. The Hall–Kier alpha value is -1.72. The zero-order valence-corrected chi connectivity index (χ0v) is 12.8. The predicted molar refractivity (Wildman–Crippen MR) is 84.7 cm³/mol. The molecule has 0 aliphatic carbocycles. The Morgan fingerprint density at radius 3 is 2.48 bits per heavy atom. The summed E-state index contributed by atoms with van der Waals surface area (Å²) in [6, 6.07) is 3.94. The molecule has 3 heterocycles. The minimum atomic E-state index is -0.333. The summed E-state index contributed by atoms with van der Waals surface area (Å²) in [6.07, 6.45) is 7.34. The van der Waals surface area contributed by atoms with Crippen molar-refractivity contribution in [2.75, 3.05) is 0 Å². The van der Waals surface area contributed by atoms with Gasteiger partial charge in [0.2, 0.25) is 0 Å².